The quantitative estimate of drug-likeness (QED) is 0.783. The highest BCUT2D eigenvalue weighted by molar-refractivity contribution is 9.10. The minimum Gasteiger partial charge on any atom is -0.314 e. The molecule has 1 atom stereocenters. The number of rotatable bonds is 8. The molecule has 0 aliphatic carbocycles. The SMILES string of the molecule is CCNC(CCCc1c(Br)c(C)nn1CC)C(C)C. The number of nitrogens with zero attached hydrogens (tertiary/aromatic N) is 2. The van der Waals surface area contributed by atoms with Crippen LogP contribution in [0.5, 0.6) is 0 Å². The van der Waals surface area contributed by atoms with Crippen LogP contribution in [0, 0.1) is 12.8 Å². The molecule has 110 valence electrons. The highest BCUT2D eigenvalue weighted by atomic mass is 79.9. The molecule has 4 heteroatoms. The molecule has 0 fully saturated rings. The summed E-state index contributed by atoms with van der Waals surface area (Å²) in [6.07, 6.45) is 3.54. The van der Waals surface area contributed by atoms with Gasteiger partial charge < -0.3 is 5.32 Å². The van der Waals surface area contributed by atoms with Crippen molar-refractivity contribution in [2.24, 2.45) is 5.92 Å². The van der Waals surface area contributed by atoms with Gasteiger partial charge in [-0.3, -0.25) is 4.68 Å². The van der Waals surface area contributed by atoms with Crippen molar-refractivity contribution >= 4 is 15.9 Å². The van der Waals surface area contributed by atoms with Crippen molar-refractivity contribution in [3.8, 4) is 0 Å². The van der Waals surface area contributed by atoms with E-state index in [2.05, 4.69) is 65.6 Å². The molecular weight excluding hydrogens is 302 g/mol. The van der Waals surface area contributed by atoms with Crippen molar-refractivity contribution in [1.29, 1.82) is 0 Å². The Labute approximate surface area is 126 Å². The standard InChI is InChI=1S/C15H28BrN3/c1-6-17-13(11(3)4)9-8-10-14-15(16)12(5)18-19(14)7-2/h11,13,17H,6-10H2,1-5H3. The van der Waals surface area contributed by atoms with Gasteiger partial charge in [0.2, 0.25) is 0 Å². The predicted molar refractivity (Wildman–Crippen MR) is 85.6 cm³/mol. The molecule has 3 nitrogen and oxygen atoms in total. The Balaban J connectivity index is 2.57. The third kappa shape index (κ3) is 4.60. The van der Waals surface area contributed by atoms with E-state index in [1.165, 1.54) is 23.0 Å². The molecule has 0 amide bonds. The van der Waals surface area contributed by atoms with E-state index in [1.807, 2.05) is 0 Å². The summed E-state index contributed by atoms with van der Waals surface area (Å²) in [5.41, 5.74) is 2.45. The minimum absolute atomic E-state index is 0.628. The van der Waals surface area contributed by atoms with Crippen LogP contribution in [0.4, 0.5) is 0 Å². The van der Waals surface area contributed by atoms with Crippen LogP contribution in [0.3, 0.4) is 0 Å². The summed E-state index contributed by atoms with van der Waals surface area (Å²) in [5.74, 6) is 0.696. The Morgan fingerprint density at radius 3 is 2.53 bits per heavy atom. The summed E-state index contributed by atoms with van der Waals surface area (Å²) >= 11 is 3.67. The molecule has 1 rings (SSSR count). The van der Waals surface area contributed by atoms with Crippen LogP contribution in [0.25, 0.3) is 0 Å². The van der Waals surface area contributed by atoms with Gasteiger partial charge in [-0.05, 0) is 61.5 Å². The maximum atomic E-state index is 4.55. The average Bonchev–Trinajstić information content (AvgIpc) is 2.64. The molecule has 0 radical (unpaired) electrons. The van der Waals surface area contributed by atoms with Crippen LogP contribution in [-0.2, 0) is 13.0 Å². The first-order chi connectivity index (χ1) is 9.01. The second-order valence-electron chi connectivity index (χ2n) is 5.46. The summed E-state index contributed by atoms with van der Waals surface area (Å²) in [4.78, 5) is 0. The molecular formula is C15H28BrN3. The van der Waals surface area contributed by atoms with Gasteiger partial charge in [-0.2, -0.15) is 5.10 Å². The van der Waals surface area contributed by atoms with Crippen LogP contribution in [0.15, 0.2) is 4.47 Å². The van der Waals surface area contributed by atoms with Crippen molar-refractivity contribution in [2.75, 3.05) is 6.54 Å². The van der Waals surface area contributed by atoms with Gasteiger partial charge in [0.1, 0.15) is 0 Å². The fourth-order valence-electron chi connectivity index (χ4n) is 2.53. The molecule has 0 aromatic carbocycles. The Hall–Kier alpha value is -0.350. The molecule has 1 aromatic rings. The van der Waals surface area contributed by atoms with Crippen LogP contribution in [0.2, 0.25) is 0 Å². The molecule has 1 aromatic heterocycles. The van der Waals surface area contributed by atoms with E-state index in [9.17, 15) is 0 Å². The fourth-order valence-corrected chi connectivity index (χ4v) is 3.01. The first kappa shape index (κ1) is 16.7. The van der Waals surface area contributed by atoms with Crippen molar-refractivity contribution in [1.82, 2.24) is 15.1 Å². The maximum Gasteiger partial charge on any atom is 0.0738 e. The lowest BCUT2D eigenvalue weighted by molar-refractivity contribution is 0.375. The Morgan fingerprint density at radius 1 is 1.32 bits per heavy atom. The lowest BCUT2D eigenvalue weighted by Gasteiger charge is -2.21. The van der Waals surface area contributed by atoms with Crippen molar-refractivity contribution in [3.63, 3.8) is 0 Å². The number of nitrogens with one attached hydrogen (secondary N) is 1. The van der Waals surface area contributed by atoms with Gasteiger partial charge in [-0.1, -0.05) is 20.8 Å². The topological polar surface area (TPSA) is 29.9 Å². The van der Waals surface area contributed by atoms with Gasteiger partial charge in [-0.15, -0.1) is 0 Å². The van der Waals surface area contributed by atoms with Gasteiger partial charge in [0.05, 0.1) is 15.9 Å². The zero-order chi connectivity index (χ0) is 14.4. The number of aryl methyl sites for hydroxylation is 2. The molecule has 0 aliphatic heterocycles. The molecule has 0 spiro atoms. The van der Waals surface area contributed by atoms with Crippen molar-refractivity contribution in [2.45, 2.75) is 66.5 Å². The molecule has 0 saturated carbocycles. The zero-order valence-electron chi connectivity index (χ0n) is 13.0. The highest BCUT2D eigenvalue weighted by Crippen LogP contribution is 2.23. The second-order valence-corrected chi connectivity index (χ2v) is 6.26. The molecule has 1 unspecified atom stereocenters. The zero-order valence-corrected chi connectivity index (χ0v) is 14.5. The van der Waals surface area contributed by atoms with Crippen molar-refractivity contribution in [3.05, 3.63) is 15.9 Å². The third-order valence-corrected chi connectivity index (χ3v) is 4.68. The third-order valence-electron chi connectivity index (χ3n) is 3.65. The molecule has 0 saturated heterocycles. The number of hydrogen-bond acceptors (Lipinski definition) is 2. The summed E-state index contributed by atoms with van der Waals surface area (Å²) < 4.78 is 3.32. The number of hydrogen-bond donors (Lipinski definition) is 1. The predicted octanol–water partition coefficient (Wildman–Crippen LogP) is 3.93. The Kier molecular flexibility index (Phi) is 7.08. The van der Waals surface area contributed by atoms with Crippen LogP contribution in [-0.4, -0.2) is 22.4 Å². The van der Waals surface area contributed by atoms with Gasteiger partial charge in [-0.25, -0.2) is 0 Å². The first-order valence-corrected chi connectivity index (χ1v) is 8.25. The first-order valence-electron chi connectivity index (χ1n) is 7.46. The van der Waals surface area contributed by atoms with E-state index < -0.39 is 0 Å². The van der Waals surface area contributed by atoms with E-state index in [0.717, 1.165) is 25.2 Å². The Morgan fingerprint density at radius 2 is 2.00 bits per heavy atom. The summed E-state index contributed by atoms with van der Waals surface area (Å²) in [7, 11) is 0. The minimum atomic E-state index is 0.628. The lowest BCUT2D eigenvalue weighted by Crippen LogP contribution is -2.33. The van der Waals surface area contributed by atoms with E-state index in [0.29, 0.717) is 12.0 Å². The monoisotopic (exact) mass is 329 g/mol. The molecule has 1 heterocycles. The average molecular weight is 330 g/mol. The largest absolute Gasteiger partial charge is 0.314 e. The second kappa shape index (κ2) is 8.05. The van der Waals surface area contributed by atoms with Crippen LogP contribution in [0.1, 0.15) is 51.9 Å². The van der Waals surface area contributed by atoms with Crippen LogP contribution < -0.4 is 5.32 Å². The number of halogens is 1. The van der Waals surface area contributed by atoms with Crippen molar-refractivity contribution < 1.29 is 0 Å². The van der Waals surface area contributed by atoms with E-state index >= 15 is 0 Å². The summed E-state index contributed by atoms with van der Waals surface area (Å²) in [6.45, 7) is 13.0. The summed E-state index contributed by atoms with van der Waals surface area (Å²) in [6, 6.07) is 0.628. The van der Waals surface area contributed by atoms with Crippen LogP contribution >= 0.6 is 15.9 Å². The molecule has 0 aliphatic rings. The highest BCUT2D eigenvalue weighted by Gasteiger charge is 2.15. The molecule has 19 heavy (non-hydrogen) atoms. The van der Waals surface area contributed by atoms with Gasteiger partial charge in [0.15, 0.2) is 0 Å². The summed E-state index contributed by atoms with van der Waals surface area (Å²) in [5, 5.41) is 8.13. The maximum absolute atomic E-state index is 4.55. The molecule has 0 bridgehead atoms. The smallest absolute Gasteiger partial charge is 0.0738 e. The van der Waals surface area contributed by atoms with Gasteiger partial charge >= 0.3 is 0 Å². The van der Waals surface area contributed by atoms with Gasteiger partial charge in [0.25, 0.3) is 0 Å². The number of aromatic nitrogens is 2. The normalized spacial score (nSPS) is 13.2. The van der Waals surface area contributed by atoms with E-state index in [4.69, 9.17) is 0 Å². The van der Waals surface area contributed by atoms with E-state index in [1.54, 1.807) is 0 Å². The van der Waals surface area contributed by atoms with Gasteiger partial charge in [0, 0.05) is 12.6 Å². The molecule has 1 N–H and O–H groups in total. The lowest BCUT2D eigenvalue weighted by atomic mass is 9.98. The van der Waals surface area contributed by atoms with E-state index in [-0.39, 0.29) is 0 Å². The Bertz CT molecular complexity index is 385. The fraction of sp³-hybridized carbons (Fsp3) is 0.800.